The molecule has 1 atom stereocenters. The third kappa shape index (κ3) is 6.20. The van der Waals surface area contributed by atoms with E-state index in [1.165, 1.54) is 29.2 Å². The van der Waals surface area contributed by atoms with Gasteiger partial charge in [0.15, 0.2) is 5.96 Å². The highest BCUT2D eigenvalue weighted by atomic mass is 16.5. The van der Waals surface area contributed by atoms with Crippen molar-refractivity contribution in [3.8, 4) is 0 Å². The van der Waals surface area contributed by atoms with Gasteiger partial charge in [0.25, 0.3) is 0 Å². The summed E-state index contributed by atoms with van der Waals surface area (Å²) in [6.07, 6.45) is 7.33. The standard InChI is InChI=1S/C26H37N3O2/c1-2-27-26(28-16-13-22-10-7-9-21-8-3-4-12-25(21)22)29-17-14-23(15-18-29)31-20-24-11-5-6-19-30-24/h3-4,7-10,12,23-24H,2,5-6,11,13-20H2,1H3,(H,27,28). The minimum Gasteiger partial charge on any atom is -0.376 e. The number of ether oxygens (including phenoxy) is 2. The van der Waals surface area contributed by atoms with E-state index in [9.17, 15) is 0 Å². The Morgan fingerprint density at radius 3 is 2.74 bits per heavy atom. The van der Waals surface area contributed by atoms with Crippen molar-refractivity contribution in [2.75, 3.05) is 39.4 Å². The van der Waals surface area contributed by atoms with Gasteiger partial charge in [-0.2, -0.15) is 0 Å². The number of guanidine groups is 1. The highest BCUT2D eigenvalue weighted by Gasteiger charge is 2.23. The molecule has 0 aromatic heterocycles. The van der Waals surface area contributed by atoms with Crippen molar-refractivity contribution in [1.82, 2.24) is 10.2 Å². The molecule has 2 fully saturated rings. The van der Waals surface area contributed by atoms with Crippen LogP contribution in [0.15, 0.2) is 47.5 Å². The second kappa shape index (κ2) is 11.5. The molecule has 0 radical (unpaired) electrons. The van der Waals surface area contributed by atoms with Gasteiger partial charge in [0.05, 0.1) is 18.8 Å². The normalized spacial score (nSPS) is 20.9. The van der Waals surface area contributed by atoms with Crippen LogP contribution in [0.3, 0.4) is 0 Å². The number of rotatable bonds is 7. The van der Waals surface area contributed by atoms with Crippen molar-refractivity contribution in [1.29, 1.82) is 0 Å². The summed E-state index contributed by atoms with van der Waals surface area (Å²) >= 11 is 0. The zero-order valence-corrected chi connectivity index (χ0v) is 18.9. The zero-order chi connectivity index (χ0) is 21.3. The van der Waals surface area contributed by atoms with Gasteiger partial charge in [-0.05, 0) is 61.8 Å². The van der Waals surface area contributed by atoms with Crippen LogP contribution < -0.4 is 5.32 Å². The summed E-state index contributed by atoms with van der Waals surface area (Å²) in [5, 5.41) is 6.13. The van der Waals surface area contributed by atoms with Crippen LogP contribution in [0.1, 0.15) is 44.6 Å². The first-order chi connectivity index (χ1) is 15.3. The smallest absolute Gasteiger partial charge is 0.193 e. The lowest BCUT2D eigenvalue weighted by Gasteiger charge is -2.35. The third-order valence-electron chi connectivity index (χ3n) is 6.39. The van der Waals surface area contributed by atoms with Crippen LogP contribution in [-0.4, -0.2) is 62.5 Å². The van der Waals surface area contributed by atoms with E-state index in [1.54, 1.807) is 0 Å². The summed E-state index contributed by atoms with van der Waals surface area (Å²) in [6, 6.07) is 15.2. The third-order valence-corrected chi connectivity index (χ3v) is 6.39. The van der Waals surface area contributed by atoms with Crippen LogP contribution in [0.25, 0.3) is 10.8 Å². The van der Waals surface area contributed by atoms with Gasteiger partial charge in [-0.15, -0.1) is 0 Å². The number of aliphatic imine (C=N–C) groups is 1. The van der Waals surface area contributed by atoms with E-state index in [0.29, 0.717) is 12.2 Å². The van der Waals surface area contributed by atoms with Crippen molar-refractivity contribution in [2.45, 2.75) is 57.7 Å². The maximum absolute atomic E-state index is 6.18. The molecule has 168 valence electrons. The van der Waals surface area contributed by atoms with Gasteiger partial charge in [-0.1, -0.05) is 42.5 Å². The summed E-state index contributed by atoms with van der Waals surface area (Å²) < 4.78 is 12.0. The Hall–Kier alpha value is -2.11. The van der Waals surface area contributed by atoms with Crippen molar-refractivity contribution in [2.24, 2.45) is 4.99 Å². The Labute approximate surface area is 186 Å². The predicted octanol–water partition coefficient (Wildman–Crippen LogP) is 4.40. The van der Waals surface area contributed by atoms with Gasteiger partial charge < -0.3 is 19.7 Å². The van der Waals surface area contributed by atoms with Crippen LogP contribution in [0.4, 0.5) is 0 Å². The summed E-state index contributed by atoms with van der Waals surface area (Å²) in [5.74, 6) is 1.04. The predicted molar refractivity (Wildman–Crippen MR) is 128 cm³/mol. The molecule has 2 aliphatic heterocycles. The summed E-state index contributed by atoms with van der Waals surface area (Å²) in [4.78, 5) is 7.35. The lowest BCUT2D eigenvalue weighted by atomic mass is 10.0. The molecule has 31 heavy (non-hydrogen) atoms. The van der Waals surface area contributed by atoms with Gasteiger partial charge in [-0.3, -0.25) is 4.99 Å². The summed E-state index contributed by atoms with van der Waals surface area (Å²) in [6.45, 7) is 7.47. The molecule has 0 bridgehead atoms. The van der Waals surface area contributed by atoms with E-state index in [0.717, 1.165) is 71.0 Å². The van der Waals surface area contributed by atoms with E-state index >= 15 is 0 Å². The first kappa shape index (κ1) is 22.1. The molecule has 2 aliphatic rings. The van der Waals surface area contributed by atoms with Crippen LogP contribution in [0.2, 0.25) is 0 Å². The van der Waals surface area contributed by atoms with E-state index in [1.807, 2.05) is 0 Å². The van der Waals surface area contributed by atoms with Crippen molar-refractivity contribution in [3.63, 3.8) is 0 Å². The molecule has 1 unspecified atom stereocenters. The first-order valence-electron chi connectivity index (χ1n) is 12.1. The molecular weight excluding hydrogens is 386 g/mol. The number of nitrogens with zero attached hydrogens (tertiary/aromatic N) is 2. The van der Waals surface area contributed by atoms with E-state index < -0.39 is 0 Å². The van der Waals surface area contributed by atoms with Gasteiger partial charge in [-0.25, -0.2) is 0 Å². The van der Waals surface area contributed by atoms with Crippen molar-refractivity contribution < 1.29 is 9.47 Å². The molecule has 2 aromatic carbocycles. The van der Waals surface area contributed by atoms with Crippen LogP contribution in [0.5, 0.6) is 0 Å². The SMILES string of the molecule is CCNC(=NCCc1cccc2ccccc12)N1CCC(OCC2CCCCO2)CC1. The molecule has 0 amide bonds. The maximum atomic E-state index is 6.18. The minimum absolute atomic E-state index is 0.305. The first-order valence-corrected chi connectivity index (χ1v) is 12.1. The highest BCUT2D eigenvalue weighted by molar-refractivity contribution is 5.85. The number of benzene rings is 2. The second-order valence-electron chi connectivity index (χ2n) is 8.63. The molecule has 5 nitrogen and oxygen atoms in total. The molecule has 0 aliphatic carbocycles. The van der Waals surface area contributed by atoms with Crippen LogP contribution >= 0.6 is 0 Å². The number of hydrogen-bond acceptors (Lipinski definition) is 3. The van der Waals surface area contributed by atoms with Crippen molar-refractivity contribution >= 4 is 16.7 Å². The maximum Gasteiger partial charge on any atom is 0.193 e. The van der Waals surface area contributed by atoms with Gasteiger partial charge >= 0.3 is 0 Å². The molecule has 4 rings (SSSR count). The number of fused-ring (bicyclic) bond motifs is 1. The summed E-state index contributed by atoms with van der Waals surface area (Å²) in [5.41, 5.74) is 1.37. The molecule has 5 heteroatoms. The topological polar surface area (TPSA) is 46.1 Å². The summed E-state index contributed by atoms with van der Waals surface area (Å²) in [7, 11) is 0. The Balaban J connectivity index is 1.27. The Morgan fingerprint density at radius 1 is 1.10 bits per heavy atom. The number of piperidine rings is 1. The van der Waals surface area contributed by atoms with E-state index in [4.69, 9.17) is 14.5 Å². The molecule has 2 heterocycles. The Bertz CT molecular complexity index is 834. The Kier molecular flexibility index (Phi) is 8.19. The largest absolute Gasteiger partial charge is 0.376 e. The number of hydrogen-bond donors (Lipinski definition) is 1. The lowest BCUT2D eigenvalue weighted by Crippen LogP contribution is -2.47. The van der Waals surface area contributed by atoms with Crippen molar-refractivity contribution in [3.05, 3.63) is 48.0 Å². The molecule has 0 saturated carbocycles. The molecule has 2 aromatic rings. The lowest BCUT2D eigenvalue weighted by molar-refractivity contribution is -0.0721. The molecule has 1 N–H and O–H groups in total. The average molecular weight is 424 g/mol. The average Bonchev–Trinajstić information content (AvgIpc) is 2.83. The van der Waals surface area contributed by atoms with Gasteiger partial charge in [0.2, 0.25) is 0 Å². The Morgan fingerprint density at radius 2 is 1.94 bits per heavy atom. The highest BCUT2D eigenvalue weighted by Crippen LogP contribution is 2.20. The number of nitrogens with one attached hydrogen (secondary N) is 1. The zero-order valence-electron chi connectivity index (χ0n) is 18.9. The monoisotopic (exact) mass is 423 g/mol. The van der Waals surface area contributed by atoms with E-state index in [-0.39, 0.29) is 0 Å². The fourth-order valence-electron chi connectivity index (χ4n) is 4.64. The van der Waals surface area contributed by atoms with Crippen LogP contribution in [0, 0.1) is 0 Å². The van der Waals surface area contributed by atoms with Gasteiger partial charge in [0, 0.05) is 32.8 Å². The molecular formula is C26H37N3O2. The molecule has 2 saturated heterocycles. The van der Waals surface area contributed by atoms with Gasteiger partial charge in [0.1, 0.15) is 0 Å². The van der Waals surface area contributed by atoms with Crippen LogP contribution in [-0.2, 0) is 15.9 Å². The number of likely N-dealkylation sites (tertiary alicyclic amines) is 1. The fourth-order valence-corrected chi connectivity index (χ4v) is 4.64. The minimum atomic E-state index is 0.305. The fraction of sp³-hybridized carbons (Fsp3) is 0.577. The molecule has 0 spiro atoms. The van der Waals surface area contributed by atoms with E-state index in [2.05, 4.69) is 59.6 Å². The second-order valence-corrected chi connectivity index (χ2v) is 8.63. The quantitative estimate of drug-likeness (QED) is 0.530.